The van der Waals surface area contributed by atoms with Gasteiger partial charge in [0, 0.05) is 42.8 Å². The van der Waals surface area contributed by atoms with Gasteiger partial charge in [0.25, 0.3) is 0 Å². The highest BCUT2D eigenvalue weighted by molar-refractivity contribution is 7.88. The lowest BCUT2D eigenvalue weighted by Gasteiger charge is -2.10. The molecule has 0 unspecified atom stereocenters. The summed E-state index contributed by atoms with van der Waals surface area (Å²) in [5, 5.41) is 7.34. The maximum atomic E-state index is 16.1. The van der Waals surface area contributed by atoms with Gasteiger partial charge in [-0.1, -0.05) is 0 Å². The first-order valence-electron chi connectivity index (χ1n) is 12.8. The molecule has 5 heterocycles. The van der Waals surface area contributed by atoms with Crippen LogP contribution < -0.4 is 4.72 Å². The number of pyridine rings is 3. The van der Waals surface area contributed by atoms with Gasteiger partial charge in [0.05, 0.1) is 34.6 Å². The Morgan fingerprint density at radius 1 is 0.929 bits per heavy atom. The fourth-order valence-electron chi connectivity index (χ4n) is 4.78. The highest BCUT2D eigenvalue weighted by Crippen LogP contribution is 2.34. The summed E-state index contributed by atoms with van der Waals surface area (Å²) in [6.45, 7) is 0.548. The highest BCUT2D eigenvalue weighted by atomic mass is 32.2. The van der Waals surface area contributed by atoms with Crippen LogP contribution >= 0.6 is 0 Å². The Labute approximate surface area is 239 Å². The molecule has 0 saturated carbocycles. The van der Waals surface area contributed by atoms with Crippen molar-refractivity contribution >= 4 is 32.0 Å². The molecule has 0 radical (unpaired) electrons. The van der Waals surface area contributed by atoms with E-state index in [0.717, 1.165) is 11.8 Å². The predicted molar refractivity (Wildman–Crippen MR) is 154 cm³/mol. The monoisotopic (exact) mass is 589 g/mol. The van der Waals surface area contributed by atoms with Crippen molar-refractivity contribution in [2.45, 2.75) is 13.1 Å². The lowest BCUT2D eigenvalue weighted by molar-refractivity contribution is 0.402. The zero-order chi connectivity index (χ0) is 29.6. The van der Waals surface area contributed by atoms with E-state index >= 15 is 4.39 Å². The number of benzene rings is 1. The van der Waals surface area contributed by atoms with Gasteiger partial charge in [-0.2, -0.15) is 5.10 Å². The zero-order valence-corrected chi connectivity index (χ0v) is 23.6. The molecule has 3 N–H and O–H groups in total. The van der Waals surface area contributed by atoms with Crippen LogP contribution in [0, 0.1) is 11.6 Å². The lowest BCUT2D eigenvalue weighted by Crippen LogP contribution is -2.21. The van der Waals surface area contributed by atoms with Crippen molar-refractivity contribution < 1.29 is 17.2 Å². The minimum absolute atomic E-state index is 0.0894. The average Bonchev–Trinajstić information content (AvgIpc) is 3.56. The van der Waals surface area contributed by atoms with E-state index in [2.05, 4.69) is 39.8 Å². The van der Waals surface area contributed by atoms with Gasteiger partial charge in [-0.3, -0.25) is 20.1 Å². The summed E-state index contributed by atoms with van der Waals surface area (Å²) in [6, 6.07) is 7.72. The Morgan fingerprint density at radius 3 is 2.52 bits per heavy atom. The number of H-pyrrole nitrogens is 2. The van der Waals surface area contributed by atoms with E-state index in [9.17, 15) is 12.8 Å². The SMILES string of the molecule is CN(C)Cc1cncc(-c2ncc3[nH]nc(-c4nc5c(-c6cc(F)cc(CNS(C)(=O)=O)c6)nccc5[nH]4)c3c2F)c1. The molecule has 0 aliphatic rings. The average molecular weight is 590 g/mol. The quantitative estimate of drug-likeness (QED) is 0.241. The number of aromatic nitrogens is 7. The third-order valence-electron chi connectivity index (χ3n) is 6.51. The largest absolute Gasteiger partial charge is 0.336 e. The van der Waals surface area contributed by atoms with E-state index in [0.29, 0.717) is 45.5 Å². The first kappa shape index (κ1) is 27.5. The molecule has 14 heteroatoms. The number of imidazole rings is 1. The van der Waals surface area contributed by atoms with Crippen LogP contribution in [0.3, 0.4) is 0 Å². The maximum Gasteiger partial charge on any atom is 0.209 e. The van der Waals surface area contributed by atoms with E-state index in [-0.39, 0.29) is 29.1 Å². The molecule has 11 nitrogen and oxygen atoms in total. The van der Waals surface area contributed by atoms with E-state index in [4.69, 9.17) is 0 Å². The number of hydrogen-bond donors (Lipinski definition) is 3. The van der Waals surface area contributed by atoms with Crippen LogP contribution in [0.2, 0.25) is 0 Å². The van der Waals surface area contributed by atoms with E-state index in [1.165, 1.54) is 24.5 Å². The second-order valence-electron chi connectivity index (χ2n) is 10.2. The van der Waals surface area contributed by atoms with Crippen LogP contribution in [0.25, 0.3) is 56.0 Å². The van der Waals surface area contributed by atoms with Crippen molar-refractivity contribution in [3.05, 3.63) is 77.9 Å². The molecule has 214 valence electrons. The minimum Gasteiger partial charge on any atom is -0.336 e. The van der Waals surface area contributed by atoms with E-state index in [1.807, 2.05) is 25.1 Å². The van der Waals surface area contributed by atoms with Crippen molar-refractivity contribution in [1.82, 2.24) is 44.7 Å². The van der Waals surface area contributed by atoms with Crippen LogP contribution in [-0.2, 0) is 23.1 Å². The van der Waals surface area contributed by atoms with E-state index in [1.54, 1.807) is 24.5 Å². The molecule has 5 aromatic heterocycles. The molecule has 0 aliphatic carbocycles. The fourth-order valence-corrected chi connectivity index (χ4v) is 5.21. The number of fused-ring (bicyclic) bond motifs is 2. The summed E-state index contributed by atoms with van der Waals surface area (Å²) in [5.74, 6) is -0.861. The van der Waals surface area contributed by atoms with Gasteiger partial charge in [0.15, 0.2) is 11.6 Å². The summed E-state index contributed by atoms with van der Waals surface area (Å²) >= 11 is 0. The summed E-state index contributed by atoms with van der Waals surface area (Å²) in [5.41, 5.74) is 4.36. The Hall–Kier alpha value is -4.66. The third-order valence-corrected chi connectivity index (χ3v) is 7.18. The minimum atomic E-state index is -3.47. The van der Waals surface area contributed by atoms with Gasteiger partial charge in [0.1, 0.15) is 22.7 Å². The van der Waals surface area contributed by atoms with Crippen LogP contribution in [-0.4, -0.2) is 68.8 Å². The summed E-state index contributed by atoms with van der Waals surface area (Å²) in [6.07, 6.45) is 7.37. The molecule has 0 aliphatic heterocycles. The van der Waals surface area contributed by atoms with Crippen LogP contribution in [0.4, 0.5) is 8.78 Å². The summed E-state index contributed by atoms with van der Waals surface area (Å²) < 4.78 is 56.0. The second kappa shape index (κ2) is 10.6. The van der Waals surface area contributed by atoms with Gasteiger partial charge < -0.3 is 9.88 Å². The maximum absolute atomic E-state index is 16.1. The Balaban J connectivity index is 1.43. The van der Waals surface area contributed by atoms with Crippen LogP contribution in [0.5, 0.6) is 0 Å². The predicted octanol–water partition coefficient (Wildman–Crippen LogP) is 4.01. The molecule has 0 fully saturated rings. The first-order valence-corrected chi connectivity index (χ1v) is 14.7. The van der Waals surface area contributed by atoms with Crippen molar-refractivity contribution in [3.63, 3.8) is 0 Å². The molecular formula is C28H25F2N9O2S. The Bertz CT molecular complexity index is 2070. The van der Waals surface area contributed by atoms with E-state index < -0.39 is 21.7 Å². The first-order chi connectivity index (χ1) is 20.1. The van der Waals surface area contributed by atoms with Crippen molar-refractivity contribution in [2.75, 3.05) is 20.4 Å². The van der Waals surface area contributed by atoms with Gasteiger partial charge >= 0.3 is 0 Å². The molecule has 0 spiro atoms. The van der Waals surface area contributed by atoms with Gasteiger partial charge in [0.2, 0.25) is 10.0 Å². The molecule has 0 amide bonds. The smallest absolute Gasteiger partial charge is 0.209 e. The van der Waals surface area contributed by atoms with Crippen LogP contribution in [0.15, 0.2) is 55.1 Å². The number of nitrogens with one attached hydrogen (secondary N) is 3. The number of hydrogen-bond acceptors (Lipinski definition) is 8. The van der Waals surface area contributed by atoms with Crippen LogP contribution in [0.1, 0.15) is 11.1 Å². The molecular weight excluding hydrogens is 564 g/mol. The van der Waals surface area contributed by atoms with Crippen molar-refractivity contribution in [2.24, 2.45) is 0 Å². The number of nitrogens with zero attached hydrogens (tertiary/aromatic N) is 6. The summed E-state index contributed by atoms with van der Waals surface area (Å²) in [7, 11) is 0.401. The fraction of sp³-hybridized carbons (Fsp3) is 0.179. The standard InChI is InChI=1S/C28H25F2N9O2S/c1-39(2)14-16-7-18(12-31-10-16)24-23(30)22-21(13-33-24)37-38-27(22)28-35-20-4-5-32-25(26(20)36-28)17-6-15(8-19(29)9-17)11-34-42(3,40)41/h4-10,12-13,34H,11,14H2,1-3H3,(H,35,36)(H,37,38). The molecule has 1 aromatic carbocycles. The number of sulfonamides is 1. The Kier molecular flexibility index (Phi) is 6.96. The Morgan fingerprint density at radius 2 is 1.74 bits per heavy atom. The number of rotatable bonds is 8. The van der Waals surface area contributed by atoms with Crippen molar-refractivity contribution in [1.29, 1.82) is 0 Å². The molecule has 0 saturated heterocycles. The molecule has 6 rings (SSSR count). The lowest BCUT2D eigenvalue weighted by atomic mass is 10.1. The van der Waals surface area contributed by atoms with Crippen molar-refractivity contribution in [3.8, 4) is 34.0 Å². The third kappa shape index (κ3) is 5.46. The molecule has 42 heavy (non-hydrogen) atoms. The molecule has 6 aromatic rings. The van der Waals surface area contributed by atoms with Gasteiger partial charge in [-0.15, -0.1) is 0 Å². The molecule has 0 bridgehead atoms. The number of halogens is 2. The zero-order valence-electron chi connectivity index (χ0n) is 22.8. The second-order valence-corrected chi connectivity index (χ2v) is 12.0. The normalized spacial score (nSPS) is 12.1. The summed E-state index contributed by atoms with van der Waals surface area (Å²) in [4.78, 5) is 22.8. The van der Waals surface area contributed by atoms with Gasteiger partial charge in [-0.25, -0.2) is 26.9 Å². The molecule has 0 atom stereocenters. The topological polar surface area (TPSA) is 145 Å². The number of aromatic amines is 2. The van der Waals surface area contributed by atoms with Gasteiger partial charge in [-0.05, 0) is 55.6 Å². The highest BCUT2D eigenvalue weighted by Gasteiger charge is 2.22.